The van der Waals surface area contributed by atoms with Crippen LogP contribution in [0, 0.1) is 5.92 Å². The lowest BCUT2D eigenvalue weighted by Crippen LogP contribution is -2.42. The number of nitrogens with zero attached hydrogens (tertiary/aromatic N) is 1. The van der Waals surface area contributed by atoms with Crippen LogP contribution in [0.3, 0.4) is 0 Å². The maximum atomic E-state index is 12.0. The first-order chi connectivity index (χ1) is 8.42. The average Bonchev–Trinajstić information content (AvgIpc) is 2.27. The molecule has 0 aromatic carbocycles. The first kappa shape index (κ1) is 15.3. The van der Waals surface area contributed by atoms with Crippen molar-refractivity contribution in [3.63, 3.8) is 0 Å². The normalized spacial score (nSPS) is 20.9. The Bertz CT molecular complexity index is 261. The fourth-order valence-corrected chi connectivity index (χ4v) is 2.36. The lowest BCUT2D eigenvalue weighted by atomic mass is 9.93. The van der Waals surface area contributed by atoms with Crippen molar-refractivity contribution >= 4 is 6.09 Å². The van der Waals surface area contributed by atoms with Crippen LogP contribution in [0.1, 0.15) is 46.5 Å². The molecule has 0 unspecified atom stereocenters. The molecule has 0 radical (unpaired) electrons. The first-order valence-corrected chi connectivity index (χ1v) is 7.05. The third-order valence-corrected chi connectivity index (χ3v) is 3.21. The van der Waals surface area contributed by atoms with Crippen LogP contribution < -0.4 is 5.32 Å². The van der Waals surface area contributed by atoms with E-state index >= 15 is 0 Å². The molecule has 0 aliphatic carbocycles. The van der Waals surface area contributed by atoms with Gasteiger partial charge in [0.25, 0.3) is 0 Å². The number of hydrogen-bond donors (Lipinski definition) is 1. The molecule has 0 bridgehead atoms. The number of piperidine rings is 1. The first-order valence-electron chi connectivity index (χ1n) is 7.05. The van der Waals surface area contributed by atoms with Gasteiger partial charge in [0.15, 0.2) is 0 Å². The van der Waals surface area contributed by atoms with Crippen LogP contribution in [0.15, 0.2) is 0 Å². The third-order valence-electron chi connectivity index (χ3n) is 3.21. The minimum Gasteiger partial charge on any atom is -0.444 e. The maximum Gasteiger partial charge on any atom is 0.410 e. The van der Waals surface area contributed by atoms with E-state index in [2.05, 4.69) is 5.32 Å². The van der Waals surface area contributed by atoms with E-state index in [0.29, 0.717) is 5.92 Å². The van der Waals surface area contributed by atoms with E-state index in [0.717, 1.165) is 26.1 Å². The van der Waals surface area contributed by atoms with E-state index < -0.39 is 5.60 Å². The smallest absolute Gasteiger partial charge is 0.410 e. The van der Waals surface area contributed by atoms with Crippen molar-refractivity contribution in [3.8, 4) is 0 Å². The van der Waals surface area contributed by atoms with Crippen LogP contribution in [-0.4, -0.2) is 43.3 Å². The fraction of sp³-hybridized carbons (Fsp3) is 0.929. The summed E-state index contributed by atoms with van der Waals surface area (Å²) in [6.45, 7) is 8.51. The van der Waals surface area contributed by atoms with Crippen molar-refractivity contribution in [3.05, 3.63) is 0 Å². The summed E-state index contributed by atoms with van der Waals surface area (Å²) < 4.78 is 5.43. The summed E-state index contributed by atoms with van der Waals surface area (Å²) in [5, 5.41) is 3.17. The van der Waals surface area contributed by atoms with Gasteiger partial charge in [-0.05, 0) is 66.0 Å². The molecular formula is C14H28N2O2. The molecule has 1 atom stereocenters. The Hall–Kier alpha value is -0.770. The molecule has 4 nitrogen and oxygen atoms in total. The molecular weight excluding hydrogens is 228 g/mol. The largest absolute Gasteiger partial charge is 0.444 e. The second kappa shape index (κ2) is 6.98. The summed E-state index contributed by atoms with van der Waals surface area (Å²) in [6, 6.07) is 0. The fourth-order valence-electron chi connectivity index (χ4n) is 2.36. The molecule has 1 rings (SSSR count). The van der Waals surface area contributed by atoms with E-state index in [4.69, 9.17) is 4.74 Å². The summed E-state index contributed by atoms with van der Waals surface area (Å²) in [5.74, 6) is 0.639. The molecule has 1 heterocycles. The topological polar surface area (TPSA) is 41.6 Å². The van der Waals surface area contributed by atoms with E-state index in [9.17, 15) is 4.79 Å². The summed E-state index contributed by atoms with van der Waals surface area (Å²) in [6.07, 6.45) is 4.57. The number of likely N-dealkylation sites (tertiary alicyclic amines) is 1. The second-order valence-corrected chi connectivity index (χ2v) is 6.18. The molecule has 1 fully saturated rings. The van der Waals surface area contributed by atoms with Gasteiger partial charge in [0.2, 0.25) is 0 Å². The molecule has 0 saturated carbocycles. The quantitative estimate of drug-likeness (QED) is 0.786. The average molecular weight is 256 g/mol. The molecule has 4 heteroatoms. The van der Waals surface area contributed by atoms with Crippen molar-refractivity contribution in [2.45, 2.75) is 52.1 Å². The van der Waals surface area contributed by atoms with Crippen LogP contribution in [0.4, 0.5) is 4.79 Å². The number of nitrogens with one attached hydrogen (secondary N) is 1. The van der Waals surface area contributed by atoms with Gasteiger partial charge in [0, 0.05) is 13.1 Å². The van der Waals surface area contributed by atoms with Crippen LogP contribution in [0.5, 0.6) is 0 Å². The molecule has 1 aliphatic heterocycles. The van der Waals surface area contributed by atoms with E-state index in [-0.39, 0.29) is 6.09 Å². The van der Waals surface area contributed by atoms with Gasteiger partial charge in [-0.2, -0.15) is 0 Å². The van der Waals surface area contributed by atoms with E-state index in [1.165, 1.54) is 19.3 Å². The molecule has 1 amide bonds. The van der Waals surface area contributed by atoms with E-state index in [1.54, 1.807) is 0 Å². The minimum absolute atomic E-state index is 0.152. The van der Waals surface area contributed by atoms with Crippen LogP contribution in [0.25, 0.3) is 0 Å². The summed E-state index contributed by atoms with van der Waals surface area (Å²) in [4.78, 5) is 13.9. The zero-order valence-corrected chi connectivity index (χ0v) is 12.3. The predicted octanol–water partition coefficient (Wildman–Crippen LogP) is 2.63. The summed E-state index contributed by atoms with van der Waals surface area (Å²) in [5.41, 5.74) is -0.393. The third kappa shape index (κ3) is 5.71. The number of amides is 1. The zero-order valence-electron chi connectivity index (χ0n) is 12.3. The Labute approximate surface area is 111 Å². The Morgan fingerprint density at radius 1 is 1.44 bits per heavy atom. The minimum atomic E-state index is -0.393. The zero-order chi connectivity index (χ0) is 13.6. The lowest BCUT2D eigenvalue weighted by molar-refractivity contribution is 0.0161. The van der Waals surface area contributed by atoms with Crippen molar-refractivity contribution in [2.75, 3.05) is 26.7 Å². The SMILES string of the molecule is CNCCC[C@@H]1CCCN(C(=O)OC(C)(C)C)C1. The molecule has 106 valence electrons. The predicted molar refractivity (Wildman–Crippen MR) is 73.7 cm³/mol. The Morgan fingerprint density at radius 3 is 2.78 bits per heavy atom. The monoisotopic (exact) mass is 256 g/mol. The standard InChI is InChI=1S/C14H28N2O2/c1-14(2,3)18-13(17)16-10-6-8-12(11-16)7-5-9-15-4/h12,15H,5-11H2,1-4H3/t12-/m1/s1. The Kier molecular flexibility index (Phi) is 5.93. The molecule has 1 saturated heterocycles. The van der Waals surface area contributed by atoms with Crippen molar-refractivity contribution < 1.29 is 9.53 Å². The number of ether oxygens (including phenoxy) is 1. The molecule has 1 aliphatic rings. The number of hydrogen-bond acceptors (Lipinski definition) is 3. The second-order valence-electron chi connectivity index (χ2n) is 6.18. The highest BCUT2D eigenvalue weighted by molar-refractivity contribution is 5.68. The van der Waals surface area contributed by atoms with Crippen LogP contribution in [0.2, 0.25) is 0 Å². The number of rotatable bonds is 4. The van der Waals surface area contributed by atoms with Gasteiger partial charge in [-0.15, -0.1) is 0 Å². The van der Waals surface area contributed by atoms with Gasteiger partial charge < -0.3 is 15.0 Å². The van der Waals surface area contributed by atoms with Crippen molar-refractivity contribution in [1.29, 1.82) is 0 Å². The van der Waals surface area contributed by atoms with Crippen LogP contribution in [-0.2, 0) is 4.74 Å². The highest BCUT2D eigenvalue weighted by Crippen LogP contribution is 2.22. The summed E-state index contributed by atoms with van der Waals surface area (Å²) in [7, 11) is 1.98. The maximum absolute atomic E-state index is 12.0. The van der Waals surface area contributed by atoms with Gasteiger partial charge in [-0.3, -0.25) is 0 Å². The number of carbonyl (C=O) groups is 1. The highest BCUT2D eigenvalue weighted by Gasteiger charge is 2.27. The van der Waals surface area contributed by atoms with E-state index in [1.807, 2.05) is 32.7 Å². The Morgan fingerprint density at radius 2 is 2.17 bits per heavy atom. The molecule has 18 heavy (non-hydrogen) atoms. The van der Waals surface area contributed by atoms with Crippen molar-refractivity contribution in [1.82, 2.24) is 10.2 Å². The van der Waals surface area contributed by atoms with Gasteiger partial charge in [0.05, 0.1) is 0 Å². The van der Waals surface area contributed by atoms with Crippen LogP contribution >= 0.6 is 0 Å². The summed E-state index contributed by atoms with van der Waals surface area (Å²) >= 11 is 0. The molecule has 0 aromatic rings. The van der Waals surface area contributed by atoms with Gasteiger partial charge >= 0.3 is 6.09 Å². The molecule has 1 N–H and O–H groups in total. The molecule has 0 spiro atoms. The van der Waals surface area contributed by atoms with Gasteiger partial charge in [-0.1, -0.05) is 0 Å². The highest BCUT2D eigenvalue weighted by atomic mass is 16.6. The van der Waals surface area contributed by atoms with Gasteiger partial charge in [0.1, 0.15) is 5.60 Å². The number of carbonyl (C=O) groups excluding carboxylic acids is 1. The van der Waals surface area contributed by atoms with Gasteiger partial charge in [-0.25, -0.2) is 4.79 Å². The lowest BCUT2D eigenvalue weighted by Gasteiger charge is -2.34. The molecule has 0 aromatic heterocycles. The van der Waals surface area contributed by atoms with Crippen molar-refractivity contribution in [2.24, 2.45) is 5.92 Å². The Balaban J connectivity index is 2.36.